The molecule has 0 heterocycles. The largest absolute Gasteiger partial charge is 0.395 e. The molecule has 0 aromatic rings. The third-order valence-corrected chi connectivity index (χ3v) is 2.80. The molecular weight excluding hydrogens is 228 g/mol. The molecule has 0 aliphatic heterocycles. The summed E-state index contributed by atoms with van der Waals surface area (Å²) in [5.41, 5.74) is 0.993. The number of hydrogen-bond donors (Lipinski definition) is 1. The molecule has 0 fully saturated rings. The highest BCUT2D eigenvalue weighted by Crippen LogP contribution is 2.00. The topological polar surface area (TPSA) is 43.8 Å². The van der Waals surface area contributed by atoms with Gasteiger partial charge in [0, 0.05) is 19.6 Å². The van der Waals surface area contributed by atoms with Crippen LogP contribution in [-0.2, 0) is 4.79 Å². The van der Waals surface area contributed by atoms with Crippen molar-refractivity contribution in [2.45, 2.75) is 33.6 Å². The number of carbonyl (C=O) groups excluding carboxylic acids is 1. The maximum atomic E-state index is 12.1. The summed E-state index contributed by atoms with van der Waals surface area (Å²) in [5, 5.41) is 9.01. The summed E-state index contributed by atoms with van der Waals surface area (Å²) in [6, 6.07) is 0. The van der Waals surface area contributed by atoms with Crippen molar-refractivity contribution in [2.24, 2.45) is 0 Å². The van der Waals surface area contributed by atoms with E-state index < -0.39 is 0 Å². The van der Waals surface area contributed by atoms with Crippen molar-refractivity contribution in [3.63, 3.8) is 0 Å². The van der Waals surface area contributed by atoms with Crippen LogP contribution in [0.4, 0.5) is 0 Å². The van der Waals surface area contributed by atoms with E-state index in [4.69, 9.17) is 5.11 Å². The fraction of sp³-hybridized carbons (Fsp3) is 0.786. The van der Waals surface area contributed by atoms with Crippen LogP contribution in [0.2, 0.25) is 0 Å². The number of aliphatic hydroxyl groups excluding tert-OH is 1. The van der Waals surface area contributed by atoms with Gasteiger partial charge in [-0.2, -0.15) is 0 Å². The van der Waals surface area contributed by atoms with Gasteiger partial charge in [0.15, 0.2) is 0 Å². The Morgan fingerprint density at radius 1 is 1.22 bits per heavy atom. The lowest BCUT2D eigenvalue weighted by atomic mass is 10.3. The predicted molar refractivity (Wildman–Crippen MR) is 75.5 cm³/mol. The maximum absolute atomic E-state index is 12.1. The average molecular weight is 256 g/mol. The zero-order valence-electron chi connectivity index (χ0n) is 12.1. The molecule has 0 aromatic carbocycles. The van der Waals surface area contributed by atoms with E-state index in [9.17, 15) is 4.79 Å². The fourth-order valence-corrected chi connectivity index (χ4v) is 1.79. The Bertz CT molecular complexity index is 254. The van der Waals surface area contributed by atoms with Gasteiger partial charge in [0.25, 0.3) is 0 Å². The van der Waals surface area contributed by atoms with Crippen LogP contribution < -0.4 is 0 Å². The van der Waals surface area contributed by atoms with Crippen LogP contribution in [0.1, 0.15) is 33.6 Å². The van der Waals surface area contributed by atoms with Gasteiger partial charge in [0.05, 0.1) is 13.2 Å². The van der Waals surface area contributed by atoms with E-state index >= 15 is 0 Å². The molecular formula is C14H28N2O2. The van der Waals surface area contributed by atoms with E-state index in [-0.39, 0.29) is 12.5 Å². The Morgan fingerprint density at radius 3 is 2.33 bits per heavy atom. The van der Waals surface area contributed by atoms with E-state index in [2.05, 4.69) is 13.5 Å². The summed E-state index contributed by atoms with van der Waals surface area (Å²) in [4.78, 5) is 15.9. The van der Waals surface area contributed by atoms with E-state index in [1.165, 1.54) is 0 Å². The summed E-state index contributed by atoms with van der Waals surface area (Å²) in [5.74, 6) is 0.116. The first-order valence-corrected chi connectivity index (χ1v) is 6.80. The van der Waals surface area contributed by atoms with Crippen molar-refractivity contribution in [1.29, 1.82) is 0 Å². The molecule has 0 saturated heterocycles. The Labute approximate surface area is 111 Å². The quantitative estimate of drug-likeness (QED) is 0.603. The van der Waals surface area contributed by atoms with E-state index in [0.717, 1.165) is 25.0 Å². The first-order valence-electron chi connectivity index (χ1n) is 6.80. The number of unbranched alkanes of at least 4 members (excludes halogenated alkanes) is 1. The van der Waals surface area contributed by atoms with E-state index in [0.29, 0.717) is 26.2 Å². The van der Waals surface area contributed by atoms with Crippen molar-refractivity contribution in [3.8, 4) is 0 Å². The Hall–Kier alpha value is -0.870. The number of likely N-dealkylation sites (N-methyl/N-ethyl adjacent to an activating group) is 1. The summed E-state index contributed by atoms with van der Waals surface area (Å²) in [7, 11) is 0. The molecule has 0 unspecified atom stereocenters. The second-order valence-corrected chi connectivity index (χ2v) is 4.72. The van der Waals surface area contributed by atoms with Crippen LogP contribution in [0.5, 0.6) is 0 Å². The number of aliphatic hydroxyl groups is 1. The van der Waals surface area contributed by atoms with Crippen LogP contribution in [0.25, 0.3) is 0 Å². The molecule has 0 atom stereocenters. The summed E-state index contributed by atoms with van der Waals surface area (Å²) in [6.45, 7) is 13.1. The Balaban J connectivity index is 4.31. The molecule has 0 saturated carbocycles. The minimum Gasteiger partial charge on any atom is -0.395 e. The normalized spacial score (nSPS) is 10.7. The lowest BCUT2D eigenvalue weighted by molar-refractivity contribution is -0.132. The molecule has 0 spiro atoms. The third-order valence-electron chi connectivity index (χ3n) is 2.80. The minimum atomic E-state index is 0.101. The van der Waals surface area contributed by atoms with Crippen molar-refractivity contribution < 1.29 is 9.90 Å². The van der Waals surface area contributed by atoms with Gasteiger partial charge in [-0.05, 0) is 26.8 Å². The van der Waals surface area contributed by atoms with Gasteiger partial charge >= 0.3 is 0 Å². The molecule has 4 nitrogen and oxygen atoms in total. The number of hydrogen-bond acceptors (Lipinski definition) is 3. The number of carbonyl (C=O) groups is 1. The predicted octanol–water partition coefficient (Wildman–Crippen LogP) is 1.51. The zero-order valence-corrected chi connectivity index (χ0v) is 12.1. The molecule has 1 amide bonds. The molecule has 1 N–H and O–H groups in total. The van der Waals surface area contributed by atoms with Crippen LogP contribution in [-0.4, -0.2) is 60.1 Å². The van der Waals surface area contributed by atoms with Crippen molar-refractivity contribution in [2.75, 3.05) is 39.3 Å². The highest BCUT2D eigenvalue weighted by atomic mass is 16.3. The van der Waals surface area contributed by atoms with Crippen LogP contribution in [0.3, 0.4) is 0 Å². The summed E-state index contributed by atoms with van der Waals surface area (Å²) < 4.78 is 0. The summed E-state index contributed by atoms with van der Waals surface area (Å²) in [6.07, 6.45) is 2.15. The van der Waals surface area contributed by atoms with Gasteiger partial charge in [-0.25, -0.2) is 0 Å². The first kappa shape index (κ1) is 17.1. The van der Waals surface area contributed by atoms with E-state index in [1.54, 1.807) is 4.90 Å². The molecule has 106 valence electrons. The van der Waals surface area contributed by atoms with Crippen molar-refractivity contribution in [1.82, 2.24) is 9.80 Å². The van der Waals surface area contributed by atoms with Crippen molar-refractivity contribution in [3.05, 3.63) is 12.2 Å². The maximum Gasteiger partial charge on any atom is 0.237 e. The zero-order chi connectivity index (χ0) is 14.0. The van der Waals surface area contributed by atoms with E-state index in [1.807, 2.05) is 18.7 Å². The molecule has 4 heteroatoms. The fourth-order valence-electron chi connectivity index (χ4n) is 1.79. The van der Waals surface area contributed by atoms with Crippen molar-refractivity contribution >= 4 is 5.91 Å². The van der Waals surface area contributed by atoms with Gasteiger partial charge < -0.3 is 10.0 Å². The molecule has 0 bridgehead atoms. The molecule has 0 aromatic heterocycles. The monoisotopic (exact) mass is 256 g/mol. The highest BCUT2D eigenvalue weighted by Gasteiger charge is 2.15. The molecule has 0 aliphatic rings. The lowest BCUT2D eigenvalue weighted by Gasteiger charge is -2.26. The minimum absolute atomic E-state index is 0.101. The highest BCUT2D eigenvalue weighted by molar-refractivity contribution is 5.78. The second-order valence-electron chi connectivity index (χ2n) is 4.72. The number of amides is 1. The standard InChI is InChI=1S/C14H28N2O2/c1-5-7-8-15(9-10-17)12-14(18)16(6-2)11-13(3)4/h17H,3,5-12H2,1-2,4H3. The molecule has 0 radical (unpaired) electrons. The SMILES string of the molecule is C=C(C)CN(CC)C(=O)CN(CCO)CCCC. The van der Waals surface area contributed by atoms with Gasteiger partial charge in [0.1, 0.15) is 0 Å². The third kappa shape index (κ3) is 7.45. The summed E-state index contributed by atoms with van der Waals surface area (Å²) >= 11 is 0. The average Bonchev–Trinajstić information content (AvgIpc) is 2.32. The van der Waals surface area contributed by atoms with Gasteiger partial charge in [0.2, 0.25) is 5.91 Å². The Kier molecular flexibility index (Phi) is 9.60. The van der Waals surface area contributed by atoms with Gasteiger partial charge in [-0.15, -0.1) is 0 Å². The second kappa shape index (κ2) is 10.1. The van der Waals surface area contributed by atoms with Gasteiger partial charge in [-0.1, -0.05) is 25.5 Å². The Morgan fingerprint density at radius 2 is 1.89 bits per heavy atom. The molecule has 0 rings (SSSR count). The number of nitrogens with zero attached hydrogens (tertiary/aromatic N) is 2. The molecule has 0 aliphatic carbocycles. The van der Waals surface area contributed by atoms with Crippen LogP contribution in [0, 0.1) is 0 Å². The number of rotatable bonds is 10. The first-order chi connectivity index (χ1) is 8.54. The van der Waals surface area contributed by atoms with Crippen LogP contribution >= 0.6 is 0 Å². The van der Waals surface area contributed by atoms with Gasteiger partial charge in [-0.3, -0.25) is 9.69 Å². The lowest BCUT2D eigenvalue weighted by Crippen LogP contribution is -2.42. The smallest absolute Gasteiger partial charge is 0.237 e. The van der Waals surface area contributed by atoms with Crippen LogP contribution in [0.15, 0.2) is 12.2 Å². The molecule has 18 heavy (non-hydrogen) atoms.